The topological polar surface area (TPSA) is 60.4 Å². The summed E-state index contributed by atoms with van der Waals surface area (Å²) in [4.78, 5) is 12.9. The van der Waals surface area contributed by atoms with Gasteiger partial charge in [-0.25, -0.2) is 5.32 Å². The van der Waals surface area contributed by atoms with E-state index in [-0.39, 0.29) is 11.9 Å². The molecule has 4 nitrogen and oxygen atoms in total. The molecule has 11 heavy (non-hydrogen) atoms. The quantitative estimate of drug-likeness (QED) is 0.517. The van der Waals surface area contributed by atoms with Crippen LogP contribution in [0.15, 0.2) is 0 Å². The van der Waals surface area contributed by atoms with Crippen molar-refractivity contribution in [3.05, 3.63) is 0 Å². The fourth-order valence-corrected chi connectivity index (χ4v) is 1.16. The van der Waals surface area contributed by atoms with Crippen molar-refractivity contribution in [3.63, 3.8) is 0 Å². The molecule has 1 heterocycles. The van der Waals surface area contributed by atoms with E-state index in [9.17, 15) is 4.79 Å². The summed E-state index contributed by atoms with van der Waals surface area (Å²) in [5.41, 5.74) is 5.13. The maximum Gasteiger partial charge on any atom is 0.236 e. The van der Waals surface area contributed by atoms with E-state index < -0.39 is 0 Å². The Labute approximate surface area is 66.7 Å². The molecule has 1 radical (unpaired) electrons. The first-order valence-corrected chi connectivity index (χ1v) is 3.84. The van der Waals surface area contributed by atoms with Crippen LogP contribution in [0.5, 0.6) is 0 Å². The van der Waals surface area contributed by atoms with Crippen LogP contribution in [0.4, 0.5) is 0 Å². The van der Waals surface area contributed by atoms with Crippen LogP contribution in [0.25, 0.3) is 0 Å². The van der Waals surface area contributed by atoms with Crippen molar-refractivity contribution in [2.45, 2.75) is 12.5 Å². The number of nitrogens with two attached hydrogens (primary N) is 1. The van der Waals surface area contributed by atoms with Crippen molar-refractivity contribution in [1.29, 1.82) is 0 Å². The van der Waals surface area contributed by atoms with Crippen LogP contribution in [0.3, 0.4) is 0 Å². The summed E-state index contributed by atoms with van der Waals surface area (Å²) < 4.78 is 0. The lowest BCUT2D eigenvalue weighted by atomic mass is 10.2. The number of hydrogen-bond donors (Lipinski definition) is 1. The van der Waals surface area contributed by atoms with Gasteiger partial charge in [-0.2, -0.15) is 0 Å². The first kappa shape index (κ1) is 8.49. The van der Waals surface area contributed by atoms with Gasteiger partial charge in [-0.05, 0) is 20.0 Å². The predicted molar refractivity (Wildman–Crippen MR) is 42.1 cm³/mol. The molecule has 1 saturated heterocycles. The molecule has 1 aliphatic heterocycles. The molecular formula is C7H14N3O. The molecule has 4 heteroatoms. The molecule has 1 atom stereocenters. The van der Waals surface area contributed by atoms with Crippen molar-refractivity contribution in [2.75, 3.05) is 26.7 Å². The van der Waals surface area contributed by atoms with Crippen LogP contribution in [-0.4, -0.2) is 43.5 Å². The third-order valence-electron chi connectivity index (χ3n) is 1.94. The Morgan fingerprint density at radius 2 is 2.36 bits per heavy atom. The maximum absolute atomic E-state index is 10.7. The van der Waals surface area contributed by atoms with Crippen molar-refractivity contribution in [1.82, 2.24) is 10.2 Å². The van der Waals surface area contributed by atoms with Gasteiger partial charge in [0, 0.05) is 13.1 Å². The van der Waals surface area contributed by atoms with Crippen LogP contribution in [0.2, 0.25) is 0 Å². The van der Waals surface area contributed by atoms with Gasteiger partial charge in [0.05, 0.1) is 0 Å². The first-order chi connectivity index (χ1) is 5.20. The molecule has 1 aliphatic rings. The summed E-state index contributed by atoms with van der Waals surface area (Å²) in [5, 5.41) is 4.16. The highest BCUT2D eigenvalue weighted by atomic mass is 16.1. The molecule has 0 aromatic rings. The smallest absolute Gasteiger partial charge is 0.236 e. The van der Waals surface area contributed by atoms with E-state index in [1.54, 1.807) is 0 Å². The second-order valence-corrected chi connectivity index (χ2v) is 2.92. The Morgan fingerprint density at radius 3 is 3.00 bits per heavy atom. The first-order valence-electron chi connectivity index (χ1n) is 3.84. The molecule has 0 aromatic carbocycles. The molecular weight excluding hydrogens is 142 g/mol. The summed E-state index contributed by atoms with van der Waals surface area (Å²) in [5.74, 6) is -0.291. The number of primary amides is 1. The summed E-state index contributed by atoms with van der Waals surface area (Å²) in [6.45, 7) is 2.57. The summed E-state index contributed by atoms with van der Waals surface area (Å²) in [6.07, 6.45) is 0.770. The number of hydrogen-bond acceptors (Lipinski definition) is 2. The van der Waals surface area contributed by atoms with E-state index in [2.05, 4.69) is 10.2 Å². The predicted octanol–water partition coefficient (Wildman–Crippen LogP) is -1.22. The zero-order valence-electron chi connectivity index (χ0n) is 6.79. The molecule has 1 fully saturated rings. The molecule has 0 spiro atoms. The number of amides is 1. The van der Waals surface area contributed by atoms with Gasteiger partial charge in [0.2, 0.25) is 5.91 Å². The van der Waals surface area contributed by atoms with Gasteiger partial charge in [-0.1, -0.05) is 0 Å². The van der Waals surface area contributed by atoms with Gasteiger partial charge in [-0.3, -0.25) is 4.79 Å². The average Bonchev–Trinajstić information content (AvgIpc) is 2.13. The molecule has 0 aromatic heterocycles. The van der Waals surface area contributed by atoms with Crippen molar-refractivity contribution >= 4 is 5.91 Å². The minimum Gasteiger partial charge on any atom is -0.368 e. The Kier molecular flexibility index (Phi) is 2.84. The van der Waals surface area contributed by atoms with Gasteiger partial charge in [0.1, 0.15) is 6.04 Å². The lowest BCUT2D eigenvalue weighted by Gasteiger charge is -2.10. The second-order valence-electron chi connectivity index (χ2n) is 2.92. The highest BCUT2D eigenvalue weighted by Crippen LogP contribution is 1.99. The van der Waals surface area contributed by atoms with E-state index in [0.29, 0.717) is 0 Å². The summed E-state index contributed by atoms with van der Waals surface area (Å²) in [6, 6.07) is -0.250. The van der Waals surface area contributed by atoms with E-state index in [1.807, 2.05) is 7.05 Å². The van der Waals surface area contributed by atoms with E-state index >= 15 is 0 Å². The molecule has 1 amide bonds. The molecule has 1 rings (SSSR count). The lowest BCUT2D eigenvalue weighted by Crippen LogP contribution is -2.36. The van der Waals surface area contributed by atoms with Crippen LogP contribution in [0, 0.1) is 0 Å². The van der Waals surface area contributed by atoms with Gasteiger partial charge in [-0.15, -0.1) is 0 Å². The zero-order chi connectivity index (χ0) is 8.27. The average molecular weight is 156 g/mol. The zero-order valence-corrected chi connectivity index (χ0v) is 6.79. The molecule has 1 unspecified atom stereocenters. The number of carbonyl (C=O) groups is 1. The lowest BCUT2D eigenvalue weighted by molar-refractivity contribution is -0.120. The van der Waals surface area contributed by atoms with Gasteiger partial charge >= 0.3 is 0 Å². The van der Waals surface area contributed by atoms with Crippen molar-refractivity contribution in [2.24, 2.45) is 5.73 Å². The SMILES string of the molecule is CN1CC[N]C(C(N)=O)CC1. The highest BCUT2D eigenvalue weighted by molar-refractivity contribution is 5.79. The minimum absolute atomic E-state index is 0.250. The van der Waals surface area contributed by atoms with E-state index in [0.717, 1.165) is 26.1 Å². The van der Waals surface area contributed by atoms with Crippen LogP contribution in [-0.2, 0) is 4.79 Å². The van der Waals surface area contributed by atoms with Crippen molar-refractivity contribution < 1.29 is 4.79 Å². The van der Waals surface area contributed by atoms with Gasteiger partial charge in [0.25, 0.3) is 0 Å². The van der Waals surface area contributed by atoms with Crippen LogP contribution in [0.1, 0.15) is 6.42 Å². The van der Waals surface area contributed by atoms with Crippen LogP contribution < -0.4 is 11.1 Å². The van der Waals surface area contributed by atoms with Crippen molar-refractivity contribution in [3.8, 4) is 0 Å². The van der Waals surface area contributed by atoms with E-state index in [1.165, 1.54) is 0 Å². The minimum atomic E-state index is -0.291. The highest BCUT2D eigenvalue weighted by Gasteiger charge is 2.19. The Bertz CT molecular complexity index is 149. The summed E-state index contributed by atoms with van der Waals surface area (Å²) in [7, 11) is 2.03. The fraction of sp³-hybridized carbons (Fsp3) is 0.857. The van der Waals surface area contributed by atoms with Gasteiger partial charge < -0.3 is 10.6 Å². The Balaban J connectivity index is 2.40. The van der Waals surface area contributed by atoms with Crippen LogP contribution >= 0.6 is 0 Å². The maximum atomic E-state index is 10.7. The van der Waals surface area contributed by atoms with Gasteiger partial charge in [0.15, 0.2) is 0 Å². The number of carbonyl (C=O) groups excluding carboxylic acids is 1. The third kappa shape index (κ3) is 2.48. The molecule has 0 bridgehead atoms. The number of rotatable bonds is 1. The Morgan fingerprint density at radius 1 is 1.64 bits per heavy atom. The normalized spacial score (nSPS) is 27.9. The molecule has 0 aliphatic carbocycles. The fourth-order valence-electron chi connectivity index (χ4n) is 1.16. The third-order valence-corrected chi connectivity index (χ3v) is 1.94. The Hall–Kier alpha value is -0.610. The number of likely N-dealkylation sites (N-methyl/N-ethyl adjacent to an activating group) is 1. The standard InChI is InChI=1S/C7H14N3O/c1-10-4-2-6(7(8)11)9-3-5-10/h6H,2-5H2,1H3,(H2,8,11). The molecule has 2 N–H and O–H groups in total. The molecule has 63 valence electrons. The second kappa shape index (κ2) is 3.69. The number of nitrogens with zero attached hydrogens (tertiary/aromatic N) is 2. The largest absolute Gasteiger partial charge is 0.368 e. The monoisotopic (exact) mass is 156 g/mol. The summed E-state index contributed by atoms with van der Waals surface area (Å²) >= 11 is 0. The van der Waals surface area contributed by atoms with E-state index in [4.69, 9.17) is 5.73 Å². The molecule has 0 saturated carbocycles.